The molecule has 0 saturated carbocycles. The first-order valence-corrected chi connectivity index (χ1v) is 11.3. The van der Waals surface area contributed by atoms with Gasteiger partial charge in [-0.3, -0.25) is 9.89 Å². The maximum Gasteiger partial charge on any atom is 0.181 e. The average Bonchev–Trinajstić information content (AvgIpc) is 3.56. The molecule has 0 bridgehead atoms. The van der Waals surface area contributed by atoms with E-state index in [1.54, 1.807) is 13.1 Å². The number of aromatic nitrogens is 5. The topological polar surface area (TPSA) is 99.4 Å². The largest absolute Gasteiger partial charge is 0.338 e. The molecule has 0 aliphatic carbocycles. The molecule has 6 rings (SSSR count). The van der Waals surface area contributed by atoms with Crippen LogP contribution in [0, 0.1) is 0 Å². The van der Waals surface area contributed by atoms with Crippen molar-refractivity contribution in [2.24, 2.45) is 0 Å². The highest BCUT2D eigenvalue weighted by molar-refractivity contribution is 7.17. The number of hydrogen-bond donors (Lipinski definition) is 3. The molecule has 0 aromatic carbocycles. The molecule has 158 valence electrons. The zero-order valence-corrected chi connectivity index (χ0v) is 18.2. The third-order valence-electron chi connectivity index (χ3n) is 5.86. The van der Waals surface area contributed by atoms with Crippen LogP contribution < -0.4 is 5.32 Å². The van der Waals surface area contributed by atoms with Crippen molar-refractivity contribution in [3.63, 3.8) is 0 Å². The van der Waals surface area contributed by atoms with Crippen LogP contribution in [-0.2, 0) is 0 Å². The number of hydrogen-bond acceptors (Lipinski definition) is 6. The highest BCUT2D eigenvalue weighted by Crippen LogP contribution is 2.36. The number of rotatable bonds is 4. The summed E-state index contributed by atoms with van der Waals surface area (Å²) < 4.78 is 0. The van der Waals surface area contributed by atoms with E-state index in [0.717, 1.165) is 68.2 Å². The van der Waals surface area contributed by atoms with E-state index in [1.807, 2.05) is 24.4 Å². The Labute approximate surface area is 187 Å². The molecule has 0 atom stereocenters. The summed E-state index contributed by atoms with van der Waals surface area (Å²) in [6.07, 6.45) is 6.91. The van der Waals surface area contributed by atoms with Crippen LogP contribution in [0.15, 0.2) is 48.8 Å². The lowest BCUT2D eigenvalue weighted by Gasteiger charge is -2.13. The zero-order chi connectivity index (χ0) is 21.7. The average molecular weight is 441 g/mol. The fraction of sp³-hybridized carbons (Fsp3) is 0.167. The van der Waals surface area contributed by atoms with Gasteiger partial charge in [0.1, 0.15) is 5.65 Å². The van der Waals surface area contributed by atoms with Crippen molar-refractivity contribution in [3.05, 3.63) is 59.2 Å². The van der Waals surface area contributed by atoms with E-state index in [4.69, 9.17) is 0 Å². The first-order valence-electron chi connectivity index (χ1n) is 10.5. The van der Waals surface area contributed by atoms with Gasteiger partial charge < -0.3 is 10.3 Å². The van der Waals surface area contributed by atoms with Crippen LogP contribution in [0.25, 0.3) is 49.5 Å². The summed E-state index contributed by atoms with van der Waals surface area (Å²) in [5, 5.41) is 12.9. The van der Waals surface area contributed by atoms with Gasteiger partial charge in [-0.25, -0.2) is 9.97 Å². The van der Waals surface area contributed by atoms with E-state index in [9.17, 15) is 4.79 Å². The standard InChI is InChI=1S/C24H20N6OS/c1-13(31)20-2-3-21(32-20)16-6-9-26-23-17(16)11-19(28-23)22-18-10-15(12-27-24(18)30-29-22)14-4-7-25-8-5-14/h2-4,6,9-12,25H,5,7-8H2,1H3,(H,26,28)(H,27,29,30). The van der Waals surface area contributed by atoms with Crippen LogP contribution in [-0.4, -0.2) is 44.0 Å². The van der Waals surface area contributed by atoms with E-state index < -0.39 is 0 Å². The van der Waals surface area contributed by atoms with Gasteiger partial charge in [-0.15, -0.1) is 11.3 Å². The third kappa shape index (κ3) is 3.16. The molecule has 0 saturated heterocycles. The number of carbonyl (C=O) groups is 1. The minimum Gasteiger partial charge on any atom is -0.338 e. The lowest BCUT2D eigenvalue weighted by Crippen LogP contribution is -2.20. The molecular formula is C24H20N6OS. The van der Waals surface area contributed by atoms with E-state index in [0.29, 0.717) is 5.65 Å². The monoisotopic (exact) mass is 440 g/mol. The van der Waals surface area contributed by atoms with Crippen LogP contribution >= 0.6 is 11.3 Å². The number of H-pyrrole nitrogens is 2. The van der Waals surface area contributed by atoms with Crippen LogP contribution in [0.3, 0.4) is 0 Å². The molecule has 0 radical (unpaired) electrons. The van der Waals surface area contributed by atoms with Crippen LogP contribution in [0.5, 0.6) is 0 Å². The second kappa shape index (κ2) is 7.51. The Kier molecular flexibility index (Phi) is 4.48. The van der Waals surface area contributed by atoms with E-state index in [-0.39, 0.29) is 5.78 Å². The molecule has 5 aromatic heterocycles. The van der Waals surface area contributed by atoms with Crippen molar-refractivity contribution in [1.82, 2.24) is 30.5 Å². The van der Waals surface area contributed by atoms with Gasteiger partial charge in [0.15, 0.2) is 11.4 Å². The molecule has 1 aliphatic heterocycles. The van der Waals surface area contributed by atoms with Crippen molar-refractivity contribution >= 4 is 44.8 Å². The Balaban J connectivity index is 1.47. The molecule has 8 heteroatoms. The highest BCUT2D eigenvalue weighted by atomic mass is 32.1. The quantitative estimate of drug-likeness (QED) is 0.348. The molecule has 32 heavy (non-hydrogen) atoms. The maximum absolute atomic E-state index is 11.7. The second-order valence-corrected chi connectivity index (χ2v) is 8.98. The predicted octanol–water partition coefficient (Wildman–Crippen LogP) is 4.81. The summed E-state index contributed by atoms with van der Waals surface area (Å²) in [7, 11) is 0. The molecule has 6 heterocycles. The fourth-order valence-electron chi connectivity index (χ4n) is 4.21. The van der Waals surface area contributed by atoms with Crippen molar-refractivity contribution < 1.29 is 4.79 Å². The number of carbonyl (C=O) groups excluding carboxylic acids is 1. The molecule has 0 spiro atoms. The molecule has 1 aliphatic rings. The van der Waals surface area contributed by atoms with E-state index >= 15 is 0 Å². The molecule has 7 nitrogen and oxygen atoms in total. The van der Waals surface area contributed by atoms with Crippen LogP contribution in [0.2, 0.25) is 0 Å². The Morgan fingerprint density at radius 1 is 1.12 bits per heavy atom. The van der Waals surface area contributed by atoms with Gasteiger partial charge in [-0.05, 0) is 61.4 Å². The number of aromatic amines is 2. The molecule has 3 N–H and O–H groups in total. The summed E-state index contributed by atoms with van der Waals surface area (Å²) in [6, 6.07) is 10.1. The normalized spacial score (nSPS) is 14.2. The third-order valence-corrected chi connectivity index (χ3v) is 7.08. The summed E-state index contributed by atoms with van der Waals surface area (Å²) in [5.41, 5.74) is 6.78. The first-order chi connectivity index (χ1) is 15.7. The lowest BCUT2D eigenvalue weighted by molar-refractivity contribution is 0.102. The van der Waals surface area contributed by atoms with Crippen molar-refractivity contribution in [2.45, 2.75) is 13.3 Å². The maximum atomic E-state index is 11.7. The molecule has 0 amide bonds. The number of thiophene rings is 1. The first kappa shape index (κ1) is 19.1. The molecular weight excluding hydrogens is 420 g/mol. The van der Waals surface area contributed by atoms with Crippen LogP contribution in [0.4, 0.5) is 0 Å². The van der Waals surface area contributed by atoms with Gasteiger partial charge in [-0.1, -0.05) is 6.08 Å². The minimum absolute atomic E-state index is 0.0809. The predicted molar refractivity (Wildman–Crippen MR) is 128 cm³/mol. The van der Waals surface area contributed by atoms with E-state index in [2.05, 4.69) is 48.7 Å². The zero-order valence-electron chi connectivity index (χ0n) is 17.4. The number of nitrogens with one attached hydrogen (secondary N) is 3. The van der Waals surface area contributed by atoms with Gasteiger partial charge in [-0.2, -0.15) is 5.10 Å². The number of ketones is 1. The molecule has 5 aromatic rings. The molecule has 0 fully saturated rings. The number of pyridine rings is 2. The summed E-state index contributed by atoms with van der Waals surface area (Å²) in [4.78, 5) is 26.1. The Bertz CT molecular complexity index is 1520. The van der Waals surface area contributed by atoms with Crippen molar-refractivity contribution in [1.29, 1.82) is 0 Å². The van der Waals surface area contributed by atoms with Crippen molar-refractivity contribution in [2.75, 3.05) is 13.1 Å². The Morgan fingerprint density at radius 2 is 2.06 bits per heavy atom. The highest BCUT2D eigenvalue weighted by Gasteiger charge is 2.17. The van der Waals surface area contributed by atoms with Gasteiger partial charge in [0, 0.05) is 40.2 Å². The SMILES string of the molecule is CC(=O)c1ccc(-c2ccnc3[nH]c(-c4[nH]nc5ncc(C6=CCNCC6)cc45)cc23)s1. The van der Waals surface area contributed by atoms with Gasteiger partial charge in [0.25, 0.3) is 0 Å². The van der Waals surface area contributed by atoms with Crippen molar-refractivity contribution in [3.8, 4) is 21.8 Å². The molecule has 0 unspecified atom stereocenters. The van der Waals surface area contributed by atoms with Crippen LogP contribution in [0.1, 0.15) is 28.6 Å². The van der Waals surface area contributed by atoms with E-state index in [1.165, 1.54) is 16.9 Å². The number of nitrogens with zero attached hydrogens (tertiary/aromatic N) is 3. The fourth-order valence-corrected chi connectivity index (χ4v) is 5.15. The van der Waals surface area contributed by atoms with Gasteiger partial charge in [0.2, 0.25) is 0 Å². The minimum atomic E-state index is 0.0809. The van der Waals surface area contributed by atoms with Gasteiger partial charge >= 0.3 is 0 Å². The number of Topliss-reactive ketones (excluding diaryl/α,β-unsaturated/α-hetero) is 1. The lowest BCUT2D eigenvalue weighted by atomic mass is 10.0. The second-order valence-electron chi connectivity index (χ2n) is 7.90. The summed E-state index contributed by atoms with van der Waals surface area (Å²) in [5.74, 6) is 0.0809. The Morgan fingerprint density at radius 3 is 2.88 bits per heavy atom. The Hall–Kier alpha value is -3.62. The summed E-state index contributed by atoms with van der Waals surface area (Å²) in [6.45, 7) is 3.46. The summed E-state index contributed by atoms with van der Waals surface area (Å²) >= 11 is 1.50. The smallest absolute Gasteiger partial charge is 0.181 e. The van der Waals surface area contributed by atoms with Gasteiger partial charge in [0.05, 0.1) is 16.3 Å². The number of fused-ring (bicyclic) bond motifs is 2.